The Bertz CT molecular complexity index is 507. The number of hydrogen-bond acceptors (Lipinski definition) is 7. The standard InChI is InChI=1S/C10H15N5S3/c1-6(11)8(7-4-12-15(2)5-7)17-10-14-13-9(16-3)18-10/h4-6,8H,11H2,1-3H3. The van der Waals surface area contributed by atoms with Crippen molar-refractivity contribution in [3.05, 3.63) is 18.0 Å². The van der Waals surface area contributed by atoms with Crippen LogP contribution in [-0.2, 0) is 7.05 Å². The van der Waals surface area contributed by atoms with E-state index in [9.17, 15) is 0 Å². The number of thioether (sulfide) groups is 2. The molecular formula is C10H15N5S3. The zero-order valence-corrected chi connectivity index (χ0v) is 12.8. The van der Waals surface area contributed by atoms with Crippen LogP contribution < -0.4 is 5.73 Å². The molecule has 0 fully saturated rings. The summed E-state index contributed by atoms with van der Waals surface area (Å²) in [5, 5.41) is 12.6. The molecular weight excluding hydrogens is 286 g/mol. The smallest absolute Gasteiger partial charge is 0.175 e. The van der Waals surface area contributed by atoms with Gasteiger partial charge in [-0.3, -0.25) is 4.68 Å². The first-order valence-electron chi connectivity index (χ1n) is 5.38. The SMILES string of the molecule is CSc1nnc(SC(c2cnn(C)c2)C(C)N)s1. The summed E-state index contributed by atoms with van der Waals surface area (Å²) in [6.07, 6.45) is 5.86. The fraction of sp³-hybridized carbons (Fsp3) is 0.500. The molecule has 8 heteroatoms. The fourth-order valence-corrected chi connectivity index (χ4v) is 4.18. The lowest BCUT2D eigenvalue weighted by Crippen LogP contribution is -2.22. The van der Waals surface area contributed by atoms with E-state index < -0.39 is 0 Å². The summed E-state index contributed by atoms with van der Waals surface area (Å²) in [6, 6.07) is 0.0285. The molecule has 2 heterocycles. The summed E-state index contributed by atoms with van der Waals surface area (Å²) in [5.41, 5.74) is 7.18. The number of aryl methyl sites for hydroxylation is 1. The summed E-state index contributed by atoms with van der Waals surface area (Å²) in [6.45, 7) is 2.00. The Hall–Kier alpha value is -0.570. The number of nitrogens with zero attached hydrogens (tertiary/aromatic N) is 4. The average molecular weight is 301 g/mol. The summed E-state index contributed by atoms with van der Waals surface area (Å²) in [7, 11) is 1.91. The van der Waals surface area contributed by atoms with E-state index in [0.717, 1.165) is 14.2 Å². The highest BCUT2D eigenvalue weighted by Crippen LogP contribution is 2.39. The van der Waals surface area contributed by atoms with E-state index >= 15 is 0 Å². The van der Waals surface area contributed by atoms with Crippen LogP contribution in [0.5, 0.6) is 0 Å². The molecule has 18 heavy (non-hydrogen) atoms. The molecule has 98 valence electrons. The summed E-state index contributed by atoms with van der Waals surface area (Å²) in [5.74, 6) is 0. The molecule has 0 bridgehead atoms. The normalized spacial score (nSPS) is 14.7. The van der Waals surface area contributed by atoms with Crippen molar-refractivity contribution in [2.75, 3.05) is 6.26 Å². The van der Waals surface area contributed by atoms with Gasteiger partial charge in [0.1, 0.15) is 0 Å². The Morgan fingerprint density at radius 3 is 2.61 bits per heavy atom. The molecule has 5 nitrogen and oxygen atoms in total. The molecule has 0 aliphatic heterocycles. The largest absolute Gasteiger partial charge is 0.327 e. The third kappa shape index (κ3) is 3.25. The van der Waals surface area contributed by atoms with Crippen LogP contribution in [0.4, 0.5) is 0 Å². The first kappa shape index (κ1) is 13.9. The first-order chi connectivity index (χ1) is 8.60. The number of aromatic nitrogens is 4. The van der Waals surface area contributed by atoms with Gasteiger partial charge < -0.3 is 5.73 Å². The minimum Gasteiger partial charge on any atom is -0.327 e. The minimum absolute atomic E-state index is 0.0285. The quantitative estimate of drug-likeness (QED) is 0.854. The number of hydrogen-bond donors (Lipinski definition) is 1. The zero-order chi connectivity index (χ0) is 13.1. The van der Waals surface area contributed by atoms with Gasteiger partial charge in [0, 0.05) is 24.8 Å². The van der Waals surface area contributed by atoms with Crippen molar-refractivity contribution in [1.82, 2.24) is 20.0 Å². The molecule has 0 aliphatic rings. The molecule has 2 rings (SSSR count). The van der Waals surface area contributed by atoms with Crippen LogP contribution in [0.25, 0.3) is 0 Å². The highest BCUT2D eigenvalue weighted by Gasteiger charge is 2.21. The van der Waals surface area contributed by atoms with Crippen LogP contribution in [0.2, 0.25) is 0 Å². The first-order valence-corrected chi connectivity index (χ1v) is 8.30. The highest BCUT2D eigenvalue weighted by atomic mass is 32.2. The molecule has 0 saturated heterocycles. The predicted molar refractivity (Wildman–Crippen MR) is 77.1 cm³/mol. The van der Waals surface area contributed by atoms with Gasteiger partial charge in [0.05, 0.1) is 11.4 Å². The Morgan fingerprint density at radius 1 is 1.39 bits per heavy atom. The second-order valence-corrected chi connectivity index (χ2v) is 7.30. The highest BCUT2D eigenvalue weighted by molar-refractivity contribution is 8.03. The van der Waals surface area contributed by atoms with E-state index in [1.807, 2.05) is 32.6 Å². The lowest BCUT2D eigenvalue weighted by Gasteiger charge is -2.16. The molecule has 2 aromatic heterocycles. The van der Waals surface area contributed by atoms with Gasteiger partial charge in [-0.15, -0.1) is 10.2 Å². The average Bonchev–Trinajstić information content (AvgIpc) is 2.94. The van der Waals surface area contributed by atoms with E-state index in [2.05, 4.69) is 15.3 Å². The van der Waals surface area contributed by atoms with Gasteiger partial charge in [-0.2, -0.15) is 5.10 Å². The summed E-state index contributed by atoms with van der Waals surface area (Å²) in [4.78, 5) is 0. The van der Waals surface area contributed by atoms with E-state index in [0.29, 0.717) is 0 Å². The molecule has 2 N–H and O–H groups in total. The van der Waals surface area contributed by atoms with Crippen LogP contribution in [-0.4, -0.2) is 32.3 Å². The van der Waals surface area contributed by atoms with Gasteiger partial charge in [0.25, 0.3) is 0 Å². The molecule has 0 amide bonds. The monoisotopic (exact) mass is 301 g/mol. The summed E-state index contributed by atoms with van der Waals surface area (Å²) < 4.78 is 3.72. The summed E-state index contributed by atoms with van der Waals surface area (Å²) >= 11 is 4.86. The fourth-order valence-electron chi connectivity index (χ4n) is 1.50. The maximum Gasteiger partial charge on any atom is 0.175 e. The van der Waals surface area contributed by atoms with Crippen molar-refractivity contribution in [1.29, 1.82) is 0 Å². The van der Waals surface area contributed by atoms with Gasteiger partial charge in [-0.1, -0.05) is 34.9 Å². The Balaban J connectivity index is 2.16. The van der Waals surface area contributed by atoms with Crippen LogP contribution in [0.3, 0.4) is 0 Å². The molecule has 2 aromatic rings. The van der Waals surface area contributed by atoms with Crippen molar-refractivity contribution >= 4 is 34.9 Å². The third-order valence-electron chi connectivity index (χ3n) is 2.32. The maximum atomic E-state index is 6.06. The van der Waals surface area contributed by atoms with Gasteiger partial charge >= 0.3 is 0 Å². The van der Waals surface area contributed by atoms with Crippen LogP contribution in [0, 0.1) is 0 Å². The Labute approximate surface area is 119 Å². The molecule has 0 saturated carbocycles. The second kappa shape index (κ2) is 6.05. The van der Waals surface area contributed by atoms with Crippen LogP contribution >= 0.6 is 34.9 Å². The molecule has 2 atom stereocenters. The van der Waals surface area contributed by atoms with Crippen molar-refractivity contribution < 1.29 is 0 Å². The zero-order valence-electron chi connectivity index (χ0n) is 10.4. The Morgan fingerprint density at radius 2 is 2.11 bits per heavy atom. The predicted octanol–water partition coefficient (Wildman–Crippen LogP) is 2.17. The van der Waals surface area contributed by atoms with Gasteiger partial charge in [0.2, 0.25) is 0 Å². The molecule has 0 aromatic carbocycles. The van der Waals surface area contributed by atoms with Gasteiger partial charge in [-0.25, -0.2) is 0 Å². The second-order valence-electron chi connectivity index (χ2n) is 3.88. The topological polar surface area (TPSA) is 69.6 Å². The van der Waals surface area contributed by atoms with E-state index in [4.69, 9.17) is 5.73 Å². The van der Waals surface area contributed by atoms with Gasteiger partial charge in [-0.05, 0) is 13.2 Å². The lowest BCUT2D eigenvalue weighted by molar-refractivity contribution is 0.717. The lowest BCUT2D eigenvalue weighted by atomic mass is 10.1. The van der Waals surface area contributed by atoms with Crippen LogP contribution in [0.15, 0.2) is 21.1 Å². The number of nitrogens with two attached hydrogens (primary N) is 1. The molecule has 2 unspecified atom stereocenters. The van der Waals surface area contributed by atoms with E-state index in [1.165, 1.54) is 0 Å². The van der Waals surface area contributed by atoms with Crippen LogP contribution in [0.1, 0.15) is 17.7 Å². The van der Waals surface area contributed by atoms with E-state index in [1.54, 1.807) is 39.5 Å². The molecule has 0 spiro atoms. The number of rotatable bonds is 5. The Kier molecular flexibility index (Phi) is 4.66. The molecule has 0 radical (unpaired) electrons. The van der Waals surface area contributed by atoms with Crippen molar-refractivity contribution in [3.8, 4) is 0 Å². The van der Waals surface area contributed by atoms with Gasteiger partial charge in [0.15, 0.2) is 8.68 Å². The van der Waals surface area contributed by atoms with Crippen molar-refractivity contribution in [3.63, 3.8) is 0 Å². The minimum atomic E-state index is 0.0285. The molecule has 0 aliphatic carbocycles. The third-order valence-corrected chi connectivity index (χ3v) is 5.79. The van der Waals surface area contributed by atoms with Crippen molar-refractivity contribution in [2.24, 2.45) is 12.8 Å². The van der Waals surface area contributed by atoms with Crippen molar-refractivity contribution in [2.45, 2.75) is 26.9 Å². The van der Waals surface area contributed by atoms with E-state index in [-0.39, 0.29) is 11.3 Å². The maximum absolute atomic E-state index is 6.06.